The second-order valence-electron chi connectivity index (χ2n) is 8.51. The predicted octanol–water partition coefficient (Wildman–Crippen LogP) is 4.30. The molecule has 0 saturated heterocycles. The third-order valence-electron chi connectivity index (χ3n) is 3.98. The molecular formula is C18H37NO2. The molecule has 21 heavy (non-hydrogen) atoms. The van der Waals surface area contributed by atoms with Gasteiger partial charge in [0, 0.05) is 12.1 Å². The van der Waals surface area contributed by atoms with E-state index in [0.29, 0.717) is 13.2 Å². The zero-order chi connectivity index (χ0) is 16.0. The highest BCUT2D eigenvalue weighted by molar-refractivity contribution is 4.88. The fourth-order valence-corrected chi connectivity index (χ4v) is 2.78. The van der Waals surface area contributed by atoms with E-state index in [1.807, 2.05) is 0 Å². The molecule has 0 aromatic heterocycles. The largest absolute Gasteiger partial charge is 0.373 e. The van der Waals surface area contributed by atoms with E-state index in [1.54, 1.807) is 0 Å². The van der Waals surface area contributed by atoms with Gasteiger partial charge in [-0.15, -0.1) is 0 Å². The van der Waals surface area contributed by atoms with Crippen molar-refractivity contribution in [3.8, 4) is 0 Å². The van der Waals surface area contributed by atoms with Crippen LogP contribution in [0.15, 0.2) is 0 Å². The Balaban J connectivity index is 2.51. The van der Waals surface area contributed by atoms with Crippen molar-refractivity contribution < 1.29 is 9.47 Å². The van der Waals surface area contributed by atoms with Gasteiger partial charge in [-0.2, -0.15) is 0 Å². The molecule has 0 unspecified atom stereocenters. The summed E-state index contributed by atoms with van der Waals surface area (Å²) in [6, 6.07) is 0. The highest BCUT2D eigenvalue weighted by atomic mass is 16.5. The Bertz CT molecular complexity index is 281. The van der Waals surface area contributed by atoms with Crippen molar-refractivity contribution in [2.24, 2.45) is 0 Å². The predicted molar refractivity (Wildman–Crippen MR) is 89.8 cm³/mol. The summed E-state index contributed by atoms with van der Waals surface area (Å²) in [6.45, 7) is 15.3. The maximum Gasteiger partial charge on any atom is 0.0807 e. The van der Waals surface area contributed by atoms with Gasteiger partial charge in [-0.05, 0) is 54.4 Å². The number of ether oxygens (including phenoxy) is 2. The molecule has 1 aliphatic carbocycles. The summed E-state index contributed by atoms with van der Waals surface area (Å²) in [5, 5.41) is 3.65. The van der Waals surface area contributed by atoms with Gasteiger partial charge in [-0.3, -0.25) is 0 Å². The van der Waals surface area contributed by atoms with Crippen LogP contribution >= 0.6 is 0 Å². The van der Waals surface area contributed by atoms with Crippen LogP contribution in [0.4, 0.5) is 0 Å². The molecule has 0 radical (unpaired) electrons. The molecule has 3 heteroatoms. The van der Waals surface area contributed by atoms with Crippen molar-refractivity contribution in [1.82, 2.24) is 5.32 Å². The van der Waals surface area contributed by atoms with E-state index in [2.05, 4.69) is 46.9 Å². The first-order chi connectivity index (χ1) is 9.62. The third-order valence-corrected chi connectivity index (χ3v) is 3.98. The molecule has 0 heterocycles. The van der Waals surface area contributed by atoms with Crippen LogP contribution in [0.5, 0.6) is 0 Å². The van der Waals surface area contributed by atoms with Crippen molar-refractivity contribution in [3.63, 3.8) is 0 Å². The van der Waals surface area contributed by atoms with Gasteiger partial charge < -0.3 is 14.8 Å². The summed E-state index contributed by atoms with van der Waals surface area (Å²) in [5.74, 6) is 0. The first kappa shape index (κ1) is 18.9. The molecule has 1 N–H and O–H groups in total. The summed E-state index contributed by atoms with van der Waals surface area (Å²) in [6.07, 6.45) is 7.60. The summed E-state index contributed by atoms with van der Waals surface area (Å²) < 4.78 is 12.2. The fraction of sp³-hybridized carbons (Fsp3) is 1.00. The van der Waals surface area contributed by atoms with Crippen LogP contribution in [0.25, 0.3) is 0 Å². The Kier molecular flexibility index (Phi) is 7.15. The lowest BCUT2D eigenvalue weighted by atomic mass is 9.92. The van der Waals surface area contributed by atoms with E-state index in [9.17, 15) is 0 Å². The molecule has 3 nitrogen and oxygen atoms in total. The topological polar surface area (TPSA) is 30.5 Å². The van der Waals surface area contributed by atoms with E-state index < -0.39 is 0 Å². The second kappa shape index (κ2) is 7.94. The minimum absolute atomic E-state index is 0.00498. The summed E-state index contributed by atoms with van der Waals surface area (Å²) in [5.41, 5.74) is 0.0687. The van der Waals surface area contributed by atoms with Crippen LogP contribution in [-0.2, 0) is 9.47 Å². The van der Waals surface area contributed by atoms with E-state index in [1.165, 1.54) is 38.5 Å². The Morgan fingerprint density at radius 1 is 0.857 bits per heavy atom. The van der Waals surface area contributed by atoms with Crippen LogP contribution in [0, 0.1) is 0 Å². The zero-order valence-corrected chi connectivity index (χ0v) is 15.2. The van der Waals surface area contributed by atoms with Crippen LogP contribution in [0.1, 0.15) is 80.1 Å². The van der Waals surface area contributed by atoms with E-state index in [-0.39, 0.29) is 16.7 Å². The zero-order valence-electron chi connectivity index (χ0n) is 15.2. The highest BCUT2D eigenvalue weighted by Gasteiger charge is 2.33. The first-order valence-corrected chi connectivity index (χ1v) is 8.65. The van der Waals surface area contributed by atoms with Crippen molar-refractivity contribution >= 4 is 0 Å². The van der Waals surface area contributed by atoms with Gasteiger partial charge in [0.05, 0.1) is 24.4 Å². The van der Waals surface area contributed by atoms with E-state index >= 15 is 0 Å². The van der Waals surface area contributed by atoms with Gasteiger partial charge in [-0.1, -0.05) is 25.7 Å². The van der Waals surface area contributed by atoms with Gasteiger partial charge >= 0.3 is 0 Å². The molecule has 1 rings (SSSR count). The Morgan fingerprint density at radius 3 is 1.90 bits per heavy atom. The number of hydrogen-bond acceptors (Lipinski definition) is 3. The Morgan fingerprint density at radius 2 is 1.43 bits per heavy atom. The smallest absolute Gasteiger partial charge is 0.0807 e. The average Bonchev–Trinajstić information content (AvgIpc) is 2.57. The minimum atomic E-state index is -0.0797. The molecule has 0 amide bonds. The van der Waals surface area contributed by atoms with Gasteiger partial charge in [0.25, 0.3) is 0 Å². The number of hydrogen-bond donors (Lipinski definition) is 1. The molecule has 0 aromatic rings. The highest BCUT2D eigenvalue weighted by Crippen LogP contribution is 2.30. The third kappa shape index (κ3) is 8.80. The summed E-state index contributed by atoms with van der Waals surface area (Å²) >= 11 is 0. The number of rotatable bonds is 6. The molecule has 1 saturated carbocycles. The molecule has 126 valence electrons. The molecule has 0 spiro atoms. The molecular weight excluding hydrogens is 262 g/mol. The van der Waals surface area contributed by atoms with Crippen molar-refractivity contribution in [2.45, 2.75) is 96.8 Å². The van der Waals surface area contributed by atoms with E-state index in [0.717, 1.165) is 6.54 Å². The molecule has 0 aromatic carbocycles. The monoisotopic (exact) mass is 299 g/mol. The quantitative estimate of drug-likeness (QED) is 0.586. The Labute approximate surface area is 132 Å². The standard InChI is InChI=1S/C18H37NO2/c1-16(2,3)19-15-18(11-9-7-8-10-12-18)21-14-13-20-17(4,5)6/h19H,7-15H2,1-6H3. The van der Waals surface area contributed by atoms with Gasteiger partial charge in [-0.25, -0.2) is 0 Å². The van der Waals surface area contributed by atoms with Gasteiger partial charge in [0.2, 0.25) is 0 Å². The maximum absolute atomic E-state index is 6.35. The lowest BCUT2D eigenvalue weighted by Crippen LogP contribution is -2.49. The van der Waals surface area contributed by atoms with Crippen LogP contribution in [0.2, 0.25) is 0 Å². The van der Waals surface area contributed by atoms with Crippen molar-refractivity contribution in [3.05, 3.63) is 0 Å². The lowest BCUT2D eigenvalue weighted by molar-refractivity contribution is -0.0989. The molecule has 0 atom stereocenters. The summed E-state index contributed by atoms with van der Waals surface area (Å²) in [7, 11) is 0. The minimum Gasteiger partial charge on any atom is -0.373 e. The molecule has 1 fully saturated rings. The second-order valence-corrected chi connectivity index (χ2v) is 8.51. The maximum atomic E-state index is 6.35. The van der Waals surface area contributed by atoms with Crippen LogP contribution < -0.4 is 5.32 Å². The molecule has 0 aliphatic heterocycles. The Hall–Kier alpha value is -0.120. The molecule has 1 aliphatic rings. The number of nitrogens with one attached hydrogen (secondary N) is 1. The van der Waals surface area contributed by atoms with Crippen LogP contribution in [-0.4, -0.2) is 36.5 Å². The van der Waals surface area contributed by atoms with Gasteiger partial charge in [0.1, 0.15) is 0 Å². The SMILES string of the molecule is CC(C)(C)NCC1(OCCOC(C)(C)C)CCCCCC1. The van der Waals surface area contributed by atoms with Crippen LogP contribution in [0.3, 0.4) is 0 Å². The van der Waals surface area contributed by atoms with Crippen molar-refractivity contribution in [1.29, 1.82) is 0 Å². The lowest BCUT2D eigenvalue weighted by Gasteiger charge is -2.36. The molecule has 0 bridgehead atoms. The summed E-state index contributed by atoms with van der Waals surface area (Å²) in [4.78, 5) is 0. The van der Waals surface area contributed by atoms with Crippen molar-refractivity contribution in [2.75, 3.05) is 19.8 Å². The van der Waals surface area contributed by atoms with E-state index in [4.69, 9.17) is 9.47 Å². The first-order valence-electron chi connectivity index (χ1n) is 8.65. The normalized spacial score (nSPS) is 20.3. The van der Waals surface area contributed by atoms with Gasteiger partial charge in [0.15, 0.2) is 0 Å². The average molecular weight is 299 g/mol. The fourth-order valence-electron chi connectivity index (χ4n) is 2.78.